The maximum absolute atomic E-state index is 5.36. The molecule has 3 heterocycles. The van der Waals surface area contributed by atoms with Crippen molar-refractivity contribution < 1.29 is 4.74 Å². The van der Waals surface area contributed by atoms with E-state index in [0.717, 1.165) is 62.1 Å². The largest absolute Gasteiger partial charge is 0.379 e. The van der Waals surface area contributed by atoms with Crippen LogP contribution in [0.1, 0.15) is 11.3 Å². The maximum atomic E-state index is 5.36. The molecule has 1 fully saturated rings. The van der Waals surface area contributed by atoms with Gasteiger partial charge in [0.25, 0.3) is 0 Å². The first-order valence-corrected chi connectivity index (χ1v) is 7.10. The molecule has 0 atom stereocenters. The van der Waals surface area contributed by atoms with E-state index < -0.39 is 0 Å². The van der Waals surface area contributed by atoms with Crippen LogP contribution in [0.4, 0.5) is 5.82 Å². The molecular weight excluding hydrogens is 254 g/mol. The monoisotopic (exact) mass is 275 g/mol. The van der Waals surface area contributed by atoms with Crippen molar-refractivity contribution in [1.82, 2.24) is 19.5 Å². The molecule has 6 heteroatoms. The molecule has 1 aliphatic heterocycles. The van der Waals surface area contributed by atoms with Gasteiger partial charge in [-0.2, -0.15) is 9.61 Å². The van der Waals surface area contributed by atoms with E-state index in [1.165, 1.54) is 0 Å². The molecule has 0 bridgehead atoms. The topological polar surface area (TPSA) is 54.7 Å². The van der Waals surface area contributed by atoms with Crippen LogP contribution in [0.2, 0.25) is 0 Å². The number of fused-ring (bicyclic) bond motifs is 1. The average molecular weight is 275 g/mol. The molecule has 0 amide bonds. The van der Waals surface area contributed by atoms with Crippen LogP contribution >= 0.6 is 0 Å². The number of hydrogen-bond donors (Lipinski definition) is 1. The summed E-state index contributed by atoms with van der Waals surface area (Å²) in [6.07, 6.45) is 1.86. The predicted octanol–water partition coefficient (Wildman–Crippen LogP) is 1.09. The van der Waals surface area contributed by atoms with Gasteiger partial charge in [-0.25, -0.2) is 4.98 Å². The van der Waals surface area contributed by atoms with Gasteiger partial charge in [-0.3, -0.25) is 4.90 Å². The second-order valence-corrected chi connectivity index (χ2v) is 5.23. The number of rotatable bonds is 4. The molecule has 6 nitrogen and oxygen atoms in total. The van der Waals surface area contributed by atoms with Crippen LogP contribution in [0.3, 0.4) is 0 Å². The third-order valence-corrected chi connectivity index (χ3v) is 3.61. The highest BCUT2D eigenvalue weighted by Gasteiger charge is 2.11. The van der Waals surface area contributed by atoms with Crippen molar-refractivity contribution in [2.45, 2.75) is 13.8 Å². The lowest BCUT2D eigenvalue weighted by Gasteiger charge is -2.26. The summed E-state index contributed by atoms with van der Waals surface area (Å²) in [4.78, 5) is 6.94. The highest BCUT2D eigenvalue weighted by atomic mass is 16.5. The number of nitrogens with one attached hydrogen (secondary N) is 1. The van der Waals surface area contributed by atoms with E-state index in [0.29, 0.717) is 0 Å². The fourth-order valence-electron chi connectivity index (χ4n) is 2.49. The van der Waals surface area contributed by atoms with Gasteiger partial charge in [-0.1, -0.05) is 0 Å². The number of aromatic nitrogens is 3. The highest BCUT2D eigenvalue weighted by molar-refractivity contribution is 5.53. The van der Waals surface area contributed by atoms with E-state index in [1.54, 1.807) is 0 Å². The SMILES string of the molecule is Cc1cc(NCCN2CCOCC2)n2ncc(C)c2n1. The Morgan fingerprint density at radius 2 is 2.10 bits per heavy atom. The Hall–Kier alpha value is -1.66. The average Bonchev–Trinajstić information content (AvgIpc) is 2.82. The minimum absolute atomic E-state index is 0.844. The second kappa shape index (κ2) is 5.76. The van der Waals surface area contributed by atoms with Gasteiger partial charge in [0.2, 0.25) is 0 Å². The summed E-state index contributed by atoms with van der Waals surface area (Å²) < 4.78 is 7.23. The van der Waals surface area contributed by atoms with Crippen molar-refractivity contribution in [3.8, 4) is 0 Å². The zero-order chi connectivity index (χ0) is 13.9. The minimum Gasteiger partial charge on any atom is -0.379 e. The van der Waals surface area contributed by atoms with Gasteiger partial charge in [0.15, 0.2) is 5.65 Å². The first kappa shape index (κ1) is 13.3. The standard InChI is InChI=1S/C14H21N5O/c1-11-10-16-19-13(9-12(2)17-14(11)19)15-3-4-18-5-7-20-8-6-18/h9-10,15H,3-8H2,1-2H3. The number of nitrogens with zero attached hydrogens (tertiary/aromatic N) is 4. The van der Waals surface area contributed by atoms with Gasteiger partial charge in [0.1, 0.15) is 5.82 Å². The Bertz CT molecular complexity index is 589. The van der Waals surface area contributed by atoms with Gasteiger partial charge < -0.3 is 10.1 Å². The minimum atomic E-state index is 0.844. The van der Waals surface area contributed by atoms with Crippen LogP contribution in [0.5, 0.6) is 0 Å². The zero-order valence-corrected chi connectivity index (χ0v) is 12.1. The third kappa shape index (κ3) is 2.76. The second-order valence-electron chi connectivity index (χ2n) is 5.23. The summed E-state index contributed by atoms with van der Waals surface area (Å²) in [5, 5.41) is 7.85. The van der Waals surface area contributed by atoms with Crippen molar-refractivity contribution in [3.63, 3.8) is 0 Å². The molecule has 20 heavy (non-hydrogen) atoms. The summed E-state index contributed by atoms with van der Waals surface area (Å²) in [5.41, 5.74) is 3.04. The van der Waals surface area contributed by atoms with Crippen molar-refractivity contribution in [1.29, 1.82) is 0 Å². The molecule has 1 N–H and O–H groups in total. The Morgan fingerprint density at radius 3 is 2.90 bits per heavy atom. The predicted molar refractivity (Wildman–Crippen MR) is 78.2 cm³/mol. The van der Waals surface area contributed by atoms with E-state index in [9.17, 15) is 0 Å². The molecule has 2 aromatic heterocycles. The molecule has 0 unspecified atom stereocenters. The van der Waals surface area contributed by atoms with Gasteiger partial charge >= 0.3 is 0 Å². The van der Waals surface area contributed by atoms with Crippen LogP contribution in [-0.4, -0.2) is 58.9 Å². The molecule has 2 aromatic rings. The third-order valence-electron chi connectivity index (χ3n) is 3.61. The molecule has 0 spiro atoms. The summed E-state index contributed by atoms with van der Waals surface area (Å²) in [6, 6.07) is 2.04. The molecule has 3 rings (SSSR count). The van der Waals surface area contributed by atoms with Crippen molar-refractivity contribution in [2.75, 3.05) is 44.7 Å². The molecule has 0 aromatic carbocycles. The van der Waals surface area contributed by atoms with Crippen molar-refractivity contribution in [3.05, 3.63) is 23.5 Å². The summed E-state index contributed by atoms with van der Waals surface area (Å²) in [6.45, 7) is 9.70. The zero-order valence-electron chi connectivity index (χ0n) is 12.1. The van der Waals surface area contributed by atoms with Crippen molar-refractivity contribution >= 4 is 11.5 Å². The summed E-state index contributed by atoms with van der Waals surface area (Å²) >= 11 is 0. The van der Waals surface area contributed by atoms with Crippen LogP contribution in [0.15, 0.2) is 12.3 Å². The van der Waals surface area contributed by atoms with Gasteiger partial charge in [0, 0.05) is 43.5 Å². The molecule has 0 aliphatic carbocycles. The first-order chi connectivity index (χ1) is 9.74. The molecule has 0 saturated carbocycles. The Balaban J connectivity index is 1.67. The van der Waals surface area contributed by atoms with Gasteiger partial charge in [-0.15, -0.1) is 0 Å². The highest BCUT2D eigenvalue weighted by Crippen LogP contribution is 2.14. The Morgan fingerprint density at radius 1 is 1.30 bits per heavy atom. The van der Waals surface area contributed by atoms with Crippen LogP contribution in [-0.2, 0) is 4.74 Å². The van der Waals surface area contributed by atoms with Gasteiger partial charge in [0.05, 0.1) is 19.4 Å². The first-order valence-electron chi connectivity index (χ1n) is 7.10. The normalized spacial score (nSPS) is 16.7. The van der Waals surface area contributed by atoms with Crippen LogP contribution < -0.4 is 5.32 Å². The number of aryl methyl sites for hydroxylation is 2. The fraction of sp³-hybridized carbons (Fsp3) is 0.571. The molecule has 1 saturated heterocycles. The van der Waals surface area contributed by atoms with E-state index in [-0.39, 0.29) is 0 Å². The fourth-order valence-corrected chi connectivity index (χ4v) is 2.49. The summed E-state index contributed by atoms with van der Waals surface area (Å²) in [7, 11) is 0. The number of ether oxygens (including phenoxy) is 1. The number of morpholine rings is 1. The van der Waals surface area contributed by atoms with Crippen LogP contribution in [0.25, 0.3) is 5.65 Å². The Labute approximate surface area is 118 Å². The molecular formula is C14H21N5O. The number of hydrogen-bond acceptors (Lipinski definition) is 5. The summed E-state index contributed by atoms with van der Waals surface area (Å²) in [5.74, 6) is 1.01. The molecule has 0 radical (unpaired) electrons. The Kier molecular flexibility index (Phi) is 3.84. The smallest absolute Gasteiger partial charge is 0.160 e. The lowest BCUT2D eigenvalue weighted by atomic mass is 10.3. The lowest BCUT2D eigenvalue weighted by Crippen LogP contribution is -2.39. The lowest BCUT2D eigenvalue weighted by molar-refractivity contribution is 0.0398. The van der Waals surface area contributed by atoms with E-state index >= 15 is 0 Å². The molecule has 108 valence electrons. The quantitative estimate of drug-likeness (QED) is 0.905. The molecule has 1 aliphatic rings. The van der Waals surface area contributed by atoms with Crippen molar-refractivity contribution in [2.24, 2.45) is 0 Å². The van der Waals surface area contributed by atoms with E-state index in [4.69, 9.17) is 4.74 Å². The van der Waals surface area contributed by atoms with Crippen LogP contribution in [0, 0.1) is 13.8 Å². The van der Waals surface area contributed by atoms with E-state index in [1.807, 2.05) is 30.6 Å². The van der Waals surface area contributed by atoms with Gasteiger partial charge in [-0.05, 0) is 13.8 Å². The maximum Gasteiger partial charge on any atom is 0.160 e. The number of anilines is 1. The van der Waals surface area contributed by atoms with E-state index in [2.05, 4.69) is 20.3 Å².